The number of nitrogens with one attached hydrogen (secondary N) is 1. The van der Waals surface area contributed by atoms with Gasteiger partial charge in [-0.25, -0.2) is 9.78 Å². The molecule has 1 fully saturated rings. The van der Waals surface area contributed by atoms with Gasteiger partial charge in [-0.3, -0.25) is 4.90 Å². The molecular weight excluding hydrogens is 318 g/mol. The van der Waals surface area contributed by atoms with E-state index in [4.69, 9.17) is 4.74 Å². The number of carbonyl (C=O) groups is 1. The second kappa shape index (κ2) is 7.46. The summed E-state index contributed by atoms with van der Waals surface area (Å²) < 4.78 is 5.01. The molecule has 0 saturated carbocycles. The molecule has 2 heterocycles. The molecule has 1 aromatic heterocycles. The van der Waals surface area contributed by atoms with Crippen LogP contribution in [0.2, 0.25) is 0 Å². The first-order valence-corrected chi connectivity index (χ1v) is 8.65. The number of anilines is 2. The normalized spacial score (nSPS) is 15.2. The lowest BCUT2D eigenvalue weighted by molar-refractivity contribution is 0.181. The molecule has 7 nitrogen and oxygen atoms in total. The van der Waals surface area contributed by atoms with E-state index in [1.807, 2.05) is 31.2 Å². The number of cyclic esters (lactones) is 1. The van der Waals surface area contributed by atoms with Gasteiger partial charge in [-0.2, -0.15) is 5.10 Å². The highest BCUT2D eigenvalue weighted by molar-refractivity contribution is 5.89. The van der Waals surface area contributed by atoms with Crippen LogP contribution in [0, 0.1) is 0 Å². The summed E-state index contributed by atoms with van der Waals surface area (Å²) in [6, 6.07) is 7.82. The molecule has 1 unspecified atom stereocenters. The fraction of sp³-hybridized carbons (Fsp3) is 0.444. The molecule has 0 spiro atoms. The topological polar surface area (TPSA) is 80.2 Å². The van der Waals surface area contributed by atoms with Crippen molar-refractivity contribution in [1.82, 2.24) is 15.2 Å². The molecule has 1 aromatic carbocycles. The van der Waals surface area contributed by atoms with E-state index in [9.17, 15) is 4.79 Å². The molecule has 1 saturated heterocycles. The monoisotopic (exact) mass is 341 g/mol. The Morgan fingerprint density at radius 2 is 2.04 bits per heavy atom. The first-order chi connectivity index (χ1) is 12.1. The summed E-state index contributed by atoms with van der Waals surface area (Å²) in [6.07, 6.45) is 1.36. The summed E-state index contributed by atoms with van der Waals surface area (Å²) in [5.74, 6) is 0.521. The highest BCUT2D eigenvalue weighted by Gasteiger charge is 2.24. The Morgan fingerprint density at radius 1 is 1.24 bits per heavy atom. The third kappa shape index (κ3) is 3.70. The van der Waals surface area contributed by atoms with Crippen LogP contribution >= 0.6 is 0 Å². The van der Waals surface area contributed by atoms with E-state index in [-0.39, 0.29) is 12.1 Å². The van der Waals surface area contributed by atoms with E-state index >= 15 is 0 Å². The van der Waals surface area contributed by atoms with Gasteiger partial charge >= 0.3 is 6.09 Å². The van der Waals surface area contributed by atoms with Crippen molar-refractivity contribution in [3.8, 4) is 0 Å². The highest BCUT2D eigenvalue weighted by atomic mass is 16.6. The maximum absolute atomic E-state index is 11.7. The third-order valence-corrected chi connectivity index (χ3v) is 4.30. The number of carbonyl (C=O) groups excluding carboxylic acids is 1. The van der Waals surface area contributed by atoms with Crippen LogP contribution in [0.25, 0.3) is 0 Å². The van der Waals surface area contributed by atoms with E-state index in [1.54, 1.807) is 4.90 Å². The number of aryl methyl sites for hydroxylation is 2. The fourth-order valence-corrected chi connectivity index (χ4v) is 2.87. The standard InChI is InChI=1S/C18H23N5O2/c1-4-15-16(5-2)21-22-17(20-15)19-12(3)13-7-6-8-14(11-13)23-9-10-25-18(23)24/h6-8,11-12H,4-5,9-10H2,1-3H3,(H,19,20,22). The molecule has 1 N–H and O–H groups in total. The number of nitrogens with zero attached hydrogens (tertiary/aromatic N) is 4. The minimum atomic E-state index is -0.298. The predicted octanol–water partition coefficient (Wildman–Crippen LogP) is 3.13. The smallest absolute Gasteiger partial charge is 0.414 e. The molecule has 0 aliphatic carbocycles. The Morgan fingerprint density at radius 3 is 2.72 bits per heavy atom. The summed E-state index contributed by atoms with van der Waals surface area (Å²) in [4.78, 5) is 17.9. The highest BCUT2D eigenvalue weighted by Crippen LogP contribution is 2.24. The van der Waals surface area contributed by atoms with Gasteiger partial charge in [-0.1, -0.05) is 26.0 Å². The molecule has 132 valence electrons. The summed E-state index contributed by atoms with van der Waals surface area (Å²) in [7, 11) is 0. The van der Waals surface area contributed by atoms with Gasteiger partial charge in [0.05, 0.1) is 24.0 Å². The number of rotatable bonds is 6. The van der Waals surface area contributed by atoms with Crippen molar-refractivity contribution in [1.29, 1.82) is 0 Å². The second-order valence-corrected chi connectivity index (χ2v) is 5.96. The van der Waals surface area contributed by atoms with E-state index < -0.39 is 0 Å². The van der Waals surface area contributed by atoms with Crippen LogP contribution in [0.4, 0.5) is 16.4 Å². The summed E-state index contributed by atoms with van der Waals surface area (Å²) in [5.41, 5.74) is 3.79. The first-order valence-electron chi connectivity index (χ1n) is 8.65. The van der Waals surface area contributed by atoms with Crippen molar-refractivity contribution in [2.45, 2.75) is 39.7 Å². The van der Waals surface area contributed by atoms with E-state index in [2.05, 4.69) is 34.3 Å². The fourth-order valence-electron chi connectivity index (χ4n) is 2.87. The maximum Gasteiger partial charge on any atom is 0.414 e. The minimum absolute atomic E-state index is 0.0162. The Balaban J connectivity index is 1.77. The van der Waals surface area contributed by atoms with Gasteiger partial charge in [0.2, 0.25) is 5.95 Å². The molecule has 1 atom stereocenters. The maximum atomic E-state index is 11.7. The average molecular weight is 341 g/mol. The van der Waals surface area contributed by atoms with E-state index in [0.29, 0.717) is 19.1 Å². The van der Waals surface area contributed by atoms with Gasteiger partial charge in [-0.05, 0) is 37.5 Å². The summed E-state index contributed by atoms with van der Waals surface area (Å²) in [5, 5.41) is 11.7. The largest absolute Gasteiger partial charge is 0.447 e. The van der Waals surface area contributed by atoms with E-state index in [1.165, 1.54) is 0 Å². The molecule has 0 bridgehead atoms. The Labute approximate surface area is 147 Å². The zero-order valence-electron chi connectivity index (χ0n) is 14.8. The van der Waals surface area contributed by atoms with Gasteiger partial charge in [0.25, 0.3) is 0 Å². The molecule has 2 aromatic rings. The van der Waals surface area contributed by atoms with Gasteiger partial charge in [0.15, 0.2) is 0 Å². The molecule has 7 heteroatoms. The average Bonchev–Trinajstić information content (AvgIpc) is 3.07. The quantitative estimate of drug-likeness (QED) is 0.869. The van der Waals surface area contributed by atoms with Crippen LogP contribution in [-0.4, -0.2) is 34.4 Å². The SMILES string of the molecule is CCc1nnc(NC(C)c2cccc(N3CCOC3=O)c2)nc1CC. The van der Waals surface area contributed by atoms with Gasteiger partial charge in [0, 0.05) is 5.69 Å². The lowest BCUT2D eigenvalue weighted by atomic mass is 10.1. The molecule has 1 aliphatic rings. The Kier molecular flexibility index (Phi) is 5.11. The van der Waals surface area contributed by atoms with Crippen LogP contribution in [0.3, 0.4) is 0 Å². The number of amides is 1. The van der Waals surface area contributed by atoms with Gasteiger partial charge < -0.3 is 10.1 Å². The summed E-state index contributed by atoms with van der Waals surface area (Å²) in [6.45, 7) is 7.16. The van der Waals surface area contributed by atoms with E-state index in [0.717, 1.165) is 35.5 Å². The number of hydrogen-bond donors (Lipinski definition) is 1. The molecule has 3 rings (SSSR count). The molecule has 25 heavy (non-hydrogen) atoms. The Bertz CT molecular complexity index is 765. The number of benzene rings is 1. The zero-order chi connectivity index (χ0) is 17.8. The third-order valence-electron chi connectivity index (χ3n) is 4.30. The van der Waals surface area contributed by atoms with Gasteiger partial charge in [0.1, 0.15) is 6.61 Å². The lowest BCUT2D eigenvalue weighted by Gasteiger charge is -2.18. The van der Waals surface area contributed by atoms with Crippen molar-refractivity contribution >= 4 is 17.7 Å². The van der Waals surface area contributed by atoms with Crippen molar-refractivity contribution < 1.29 is 9.53 Å². The number of ether oxygens (including phenoxy) is 1. The molecule has 1 aliphatic heterocycles. The van der Waals surface area contributed by atoms with Crippen molar-refractivity contribution in [2.24, 2.45) is 0 Å². The van der Waals surface area contributed by atoms with Crippen LogP contribution in [-0.2, 0) is 17.6 Å². The Hall–Kier alpha value is -2.70. The van der Waals surface area contributed by atoms with Crippen LogP contribution in [0.5, 0.6) is 0 Å². The van der Waals surface area contributed by atoms with Crippen LogP contribution < -0.4 is 10.2 Å². The molecular formula is C18H23N5O2. The predicted molar refractivity (Wildman–Crippen MR) is 95.8 cm³/mol. The second-order valence-electron chi connectivity index (χ2n) is 5.96. The molecule has 0 radical (unpaired) electrons. The van der Waals surface area contributed by atoms with Crippen molar-refractivity contribution in [2.75, 3.05) is 23.4 Å². The molecule has 1 amide bonds. The zero-order valence-corrected chi connectivity index (χ0v) is 14.8. The van der Waals surface area contributed by atoms with Crippen LogP contribution in [0.15, 0.2) is 24.3 Å². The minimum Gasteiger partial charge on any atom is -0.447 e. The van der Waals surface area contributed by atoms with Crippen molar-refractivity contribution in [3.63, 3.8) is 0 Å². The first kappa shape index (κ1) is 17.1. The summed E-state index contributed by atoms with van der Waals surface area (Å²) >= 11 is 0. The van der Waals surface area contributed by atoms with Crippen molar-refractivity contribution in [3.05, 3.63) is 41.2 Å². The lowest BCUT2D eigenvalue weighted by Crippen LogP contribution is -2.23. The van der Waals surface area contributed by atoms with Crippen LogP contribution in [0.1, 0.15) is 43.8 Å². The number of hydrogen-bond acceptors (Lipinski definition) is 6. The van der Waals surface area contributed by atoms with Gasteiger partial charge in [-0.15, -0.1) is 5.10 Å². The number of aromatic nitrogens is 3.